The molecule has 138 valence electrons. The Morgan fingerprint density at radius 3 is 2.31 bits per heavy atom. The van der Waals surface area contributed by atoms with Gasteiger partial charge in [0.25, 0.3) is 5.91 Å². The van der Waals surface area contributed by atoms with Gasteiger partial charge in [-0.1, -0.05) is 29.4 Å². The zero-order valence-corrected chi connectivity index (χ0v) is 13.8. The van der Waals surface area contributed by atoms with E-state index in [1.165, 1.54) is 26.3 Å². The van der Waals surface area contributed by atoms with Gasteiger partial charge in [0.2, 0.25) is 11.6 Å². The summed E-state index contributed by atoms with van der Waals surface area (Å²) in [5, 5.41) is 6.00. The van der Waals surface area contributed by atoms with Crippen molar-refractivity contribution in [3.63, 3.8) is 0 Å². The highest BCUT2D eigenvalue weighted by atomic mass is 19.2. The highest BCUT2D eigenvalue weighted by Gasteiger charge is 2.22. The lowest BCUT2D eigenvalue weighted by atomic mass is 10.0. The predicted octanol–water partition coefficient (Wildman–Crippen LogP) is 2.92. The molecule has 9 heteroatoms. The van der Waals surface area contributed by atoms with Crippen molar-refractivity contribution >= 4 is 11.6 Å². The molecule has 0 aliphatic carbocycles. The van der Waals surface area contributed by atoms with Crippen LogP contribution in [0, 0.1) is 23.3 Å². The third-order valence-electron chi connectivity index (χ3n) is 3.34. The summed E-state index contributed by atoms with van der Waals surface area (Å²) in [5.74, 6) is -8.24. The van der Waals surface area contributed by atoms with E-state index in [0.29, 0.717) is 0 Å². The first-order valence-corrected chi connectivity index (χ1v) is 7.28. The molecule has 26 heavy (non-hydrogen) atoms. The van der Waals surface area contributed by atoms with Crippen LogP contribution in [0.15, 0.2) is 35.5 Å². The number of oxime groups is 1. The monoisotopic (exact) mass is 370 g/mol. The molecule has 1 amide bonds. The molecular weight excluding hydrogens is 356 g/mol. The maximum Gasteiger partial charge on any atom is 0.273 e. The van der Waals surface area contributed by atoms with Crippen molar-refractivity contribution in [2.75, 3.05) is 14.2 Å². The summed E-state index contributed by atoms with van der Waals surface area (Å²) < 4.78 is 58.8. The number of nitrogens with zero attached hydrogens (tertiary/aromatic N) is 1. The molecule has 0 fully saturated rings. The molecule has 0 spiro atoms. The summed E-state index contributed by atoms with van der Waals surface area (Å²) in [6, 6.07) is 6.26. The summed E-state index contributed by atoms with van der Waals surface area (Å²) >= 11 is 0. The van der Waals surface area contributed by atoms with E-state index < -0.39 is 41.5 Å². The lowest BCUT2D eigenvalue weighted by Gasteiger charge is -2.13. The van der Waals surface area contributed by atoms with Crippen LogP contribution >= 0.6 is 0 Å². The molecule has 0 saturated heterocycles. The lowest BCUT2D eigenvalue weighted by molar-refractivity contribution is -0.114. The number of carbonyl (C=O) groups is 1. The van der Waals surface area contributed by atoms with Crippen molar-refractivity contribution in [3.05, 3.63) is 64.7 Å². The largest absolute Gasteiger partial charge is 0.483 e. The zero-order valence-electron chi connectivity index (χ0n) is 13.8. The van der Waals surface area contributed by atoms with Crippen molar-refractivity contribution in [3.8, 4) is 5.75 Å². The van der Waals surface area contributed by atoms with Gasteiger partial charge in [-0.05, 0) is 5.56 Å². The third-order valence-corrected chi connectivity index (χ3v) is 3.34. The molecule has 2 rings (SSSR count). The number of hydrogen-bond acceptors (Lipinski definition) is 4. The number of rotatable bonds is 6. The zero-order chi connectivity index (χ0) is 19.3. The van der Waals surface area contributed by atoms with Crippen LogP contribution in [0.1, 0.15) is 11.1 Å². The molecule has 0 aliphatic rings. The Labute approximate surface area is 146 Å². The molecular formula is C17H14F4N2O3. The molecule has 0 radical (unpaired) electrons. The normalized spacial score (nSPS) is 11.2. The molecule has 5 nitrogen and oxygen atoms in total. The third kappa shape index (κ3) is 3.93. The van der Waals surface area contributed by atoms with Crippen molar-refractivity contribution in [2.45, 2.75) is 6.61 Å². The molecule has 0 heterocycles. The van der Waals surface area contributed by atoms with E-state index in [1.807, 2.05) is 0 Å². The average molecular weight is 370 g/mol. The average Bonchev–Trinajstić information content (AvgIpc) is 2.64. The number of halogens is 4. The molecule has 0 atom stereocenters. The van der Waals surface area contributed by atoms with Gasteiger partial charge < -0.3 is 14.9 Å². The Balaban J connectivity index is 2.39. The molecule has 0 saturated carbocycles. The SMILES string of the molecule is CNC(=O)/C(=N\OC)c1ccccc1COc1c(F)c(F)cc(F)c1F. The van der Waals surface area contributed by atoms with Crippen molar-refractivity contribution in [2.24, 2.45) is 5.16 Å². The van der Waals surface area contributed by atoms with Crippen LogP contribution in [-0.2, 0) is 16.2 Å². The second-order valence-corrected chi connectivity index (χ2v) is 4.94. The van der Waals surface area contributed by atoms with Crippen LogP contribution in [0.2, 0.25) is 0 Å². The number of nitrogens with one attached hydrogen (secondary N) is 1. The minimum Gasteiger partial charge on any atom is -0.483 e. The Hall–Kier alpha value is -3.10. The Morgan fingerprint density at radius 2 is 1.73 bits per heavy atom. The highest BCUT2D eigenvalue weighted by molar-refractivity contribution is 6.45. The van der Waals surface area contributed by atoms with Gasteiger partial charge in [0.1, 0.15) is 13.7 Å². The van der Waals surface area contributed by atoms with Gasteiger partial charge in [0.05, 0.1) is 0 Å². The molecule has 0 bridgehead atoms. The molecule has 2 aromatic rings. The van der Waals surface area contributed by atoms with E-state index in [2.05, 4.69) is 15.3 Å². The fraction of sp³-hybridized carbons (Fsp3) is 0.176. The second-order valence-electron chi connectivity index (χ2n) is 4.94. The minimum absolute atomic E-state index is 0.0837. The Kier molecular flexibility index (Phi) is 6.16. The molecule has 0 aromatic heterocycles. The summed E-state index contributed by atoms with van der Waals surface area (Å²) in [7, 11) is 2.62. The van der Waals surface area contributed by atoms with E-state index in [0.717, 1.165) is 0 Å². The van der Waals surface area contributed by atoms with Gasteiger partial charge >= 0.3 is 0 Å². The van der Waals surface area contributed by atoms with Crippen LogP contribution in [0.25, 0.3) is 0 Å². The molecule has 2 aromatic carbocycles. The smallest absolute Gasteiger partial charge is 0.273 e. The van der Waals surface area contributed by atoms with Gasteiger partial charge in [-0.15, -0.1) is 0 Å². The van der Waals surface area contributed by atoms with Crippen molar-refractivity contribution in [1.82, 2.24) is 5.32 Å². The van der Waals surface area contributed by atoms with Gasteiger partial charge in [-0.2, -0.15) is 8.78 Å². The van der Waals surface area contributed by atoms with Crippen LogP contribution < -0.4 is 10.1 Å². The van der Waals surface area contributed by atoms with Crippen molar-refractivity contribution in [1.29, 1.82) is 0 Å². The number of hydrogen-bond donors (Lipinski definition) is 1. The summed E-state index contributed by atoms with van der Waals surface area (Å²) in [5.41, 5.74) is 0.433. The second kappa shape index (κ2) is 8.32. The Bertz CT molecular complexity index is 830. The van der Waals surface area contributed by atoms with E-state index in [9.17, 15) is 22.4 Å². The maximum absolute atomic E-state index is 13.7. The summed E-state index contributed by atoms with van der Waals surface area (Å²) in [6.45, 7) is -0.480. The lowest BCUT2D eigenvalue weighted by Crippen LogP contribution is -2.29. The molecule has 0 unspecified atom stereocenters. The van der Waals surface area contributed by atoms with Crippen LogP contribution in [0.3, 0.4) is 0 Å². The van der Waals surface area contributed by atoms with Gasteiger partial charge in [-0.3, -0.25) is 4.79 Å². The van der Waals surface area contributed by atoms with Crippen LogP contribution in [0.5, 0.6) is 5.75 Å². The van der Waals surface area contributed by atoms with Crippen LogP contribution in [-0.4, -0.2) is 25.8 Å². The minimum atomic E-state index is -1.65. The first-order valence-electron chi connectivity index (χ1n) is 7.28. The van der Waals surface area contributed by atoms with E-state index in [1.54, 1.807) is 12.1 Å². The fourth-order valence-electron chi connectivity index (χ4n) is 2.13. The number of benzene rings is 2. The van der Waals surface area contributed by atoms with Crippen molar-refractivity contribution < 1.29 is 31.9 Å². The quantitative estimate of drug-likeness (QED) is 0.368. The maximum atomic E-state index is 13.7. The summed E-state index contributed by atoms with van der Waals surface area (Å²) in [6.07, 6.45) is 0. The fourth-order valence-corrected chi connectivity index (χ4v) is 2.13. The number of amides is 1. The van der Waals surface area contributed by atoms with E-state index in [-0.39, 0.29) is 22.9 Å². The van der Waals surface area contributed by atoms with Gasteiger partial charge in [-0.25, -0.2) is 8.78 Å². The molecule has 0 aliphatic heterocycles. The standard InChI is InChI=1S/C17H14F4N2O3/c1-22-17(24)15(23-25-2)10-6-4-3-5-9(10)8-26-16-13(20)11(18)7-12(19)14(16)21/h3-7H,8H2,1-2H3,(H,22,24)/b23-15-. The first kappa shape index (κ1) is 19.2. The van der Waals surface area contributed by atoms with E-state index >= 15 is 0 Å². The predicted molar refractivity (Wildman–Crippen MR) is 84.7 cm³/mol. The number of likely N-dealkylation sites (N-methyl/N-ethyl adjacent to an activating group) is 1. The van der Waals surface area contributed by atoms with Gasteiger partial charge in [0.15, 0.2) is 23.1 Å². The number of ether oxygens (including phenoxy) is 1. The highest BCUT2D eigenvalue weighted by Crippen LogP contribution is 2.27. The van der Waals surface area contributed by atoms with E-state index in [4.69, 9.17) is 4.74 Å². The number of carbonyl (C=O) groups excluding carboxylic acids is 1. The van der Waals surface area contributed by atoms with Gasteiger partial charge in [0, 0.05) is 18.7 Å². The first-order chi connectivity index (χ1) is 12.4. The molecule has 1 N–H and O–H groups in total. The topological polar surface area (TPSA) is 59.9 Å². The Morgan fingerprint density at radius 1 is 1.12 bits per heavy atom. The summed E-state index contributed by atoms with van der Waals surface area (Å²) in [4.78, 5) is 16.6. The van der Waals surface area contributed by atoms with Crippen LogP contribution in [0.4, 0.5) is 17.6 Å².